The minimum Gasteiger partial charge on any atom is -0.368 e. The molecule has 3 rings (SSSR count). The Hall–Kier alpha value is -2.49. The number of nitrogens with zero attached hydrogens (tertiary/aromatic N) is 2. The predicted octanol–water partition coefficient (Wildman–Crippen LogP) is 4.47. The Balaban J connectivity index is 1.64. The van der Waals surface area contributed by atoms with E-state index < -0.39 is 0 Å². The molecule has 0 atom stereocenters. The van der Waals surface area contributed by atoms with E-state index in [9.17, 15) is 4.79 Å². The number of aryl methyl sites for hydroxylation is 1. The van der Waals surface area contributed by atoms with Crippen LogP contribution in [-0.4, -0.2) is 37.1 Å². The molecule has 1 aliphatic rings. The molecule has 0 spiro atoms. The Morgan fingerprint density at radius 2 is 1.64 bits per heavy atom. The number of benzene rings is 2. The molecule has 2 aromatic carbocycles. The highest BCUT2D eigenvalue weighted by molar-refractivity contribution is 5.91. The molecule has 1 N–H and O–H groups in total. The maximum Gasteiger partial charge on any atom is 0.321 e. The highest BCUT2D eigenvalue weighted by Crippen LogP contribution is 2.28. The molecular formula is C21H27N3O. The second-order valence-electron chi connectivity index (χ2n) is 6.93. The Morgan fingerprint density at radius 3 is 2.28 bits per heavy atom. The third-order valence-corrected chi connectivity index (χ3v) is 4.85. The third kappa shape index (κ3) is 3.95. The van der Waals surface area contributed by atoms with E-state index in [0.717, 1.165) is 37.4 Å². The van der Waals surface area contributed by atoms with Crippen molar-refractivity contribution in [2.24, 2.45) is 0 Å². The lowest BCUT2D eigenvalue weighted by Gasteiger charge is -2.36. The van der Waals surface area contributed by atoms with Crippen LogP contribution in [0.25, 0.3) is 0 Å². The van der Waals surface area contributed by atoms with E-state index in [1.165, 1.54) is 11.3 Å². The highest BCUT2D eigenvalue weighted by Gasteiger charge is 2.22. The van der Waals surface area contributed by atoms with Crippen molar-refractivity contribution in [3.63, 3.8) is 0 Å². The molecule has 1 heterocycles. The summed E-state index contributed by atoms with van der Waals surface area (Å²) < 4.78 is 0. The molecule has 1 aliphatic heterocycles. The molecule has 2 aromatic rings. The van der Waals surface area contributed by atoms with Crippen LogP contribution < -0.4 is 10.2 Å². The molecule has 132 valence electrons. The Kier molecular flexibility index (Phi) is 5.27. The summed E-state index contributed by atoms with van der Waals surface area (Å²) in [6.07, 6.45) is 0. The zero-order valence-electron chi connectivity index (χ0n) is 15.3. The number of rotatable bonds is 3. The van der Waals surface area contributed by atoms with Crippen LogP contribution in [0, 0.1) is 6.92 Å². The molecule has 0 aliphatic carbocycles. The van der Waals surface area contributed by atoms with Crippen LogP contribution in [0.3, 0.4) is 0 Å². The van der Waals surface area contributed by atoms with Gasteiger partial charge < -0.3 is 15.1 Å². The summed E-state index contributed by atoms with van der Waals surface area (Å²) in [5.74, 6) is 0.380. The maximum atomic E-state index is 12.7. The van der Waals surface area contributed by atoms with Crippen LogP contribution in [-0.2, 0) is 0 Å². The highest BCUT2D eigenvalue weighted by atomic mass is 16.2. The lowest BCUT2D eigenvalue weighted by molar-refractivity contribution is 0.208. The van der Waals surface area contributed by atoms with Gasteiger partial charge in [-0.3, -0.25) is 0 Å². The molecule has 0 radical (unpaired) electrons. The minimum absolute atomic E-state index is 0.00362. The van der Waals surface area contributed by atoms with Crippen molar-refractivity contribution in [1.82, 2.24) is 4.90 Å². The Morgan fingerprint density at radius 1 is 0.960 bits per heavy atom. The van der Waals surface area contributed by atoms with Crippen molar-refractivity contribution < 1.29 is 4.79 Å². The minimum atomic E-state index is 0.00362. The quantitative estimate of drug-likeness (QED) is 0.897. The van der Waals surface area contributed by atoms with E-state index in [4.69, 9.17) is 0 Å². The standard InChI is InChI=1S/C21H27N3O/c1-16(2)19-11-7-8-17(3)20(19)22-21(25)24-14-12-23(13-15-24)18-9-5-4-6-10-18/h4-11,16H,12-15H2,1-3H3,(H,22,25). The molecule has 2 amide bonds. The largest absolute Gasteiger partial charge is 0.368 e. The van der Waals surface area contributed by atoms with Gasteiger partial charge in [-0.1, -0.05) is 50.2 Å². The first-order chi connectivity index (χ1) is 12.1. The molecular weight excluding hydrogens is 310 g/mol. The summed E-state index contributed by atoms with van der Waals surface area (Å²) in [6.45, 7) is 9.57. The zero-order chi connectivity index (χ0) is 17.8. The van der Waals surface area contributed by atoms with Crippen molar-refractivity contribution in [2.45, 2.75) is 26.7 Å². The van der Waals surface area contributed by atoms with Gasteiger partial charge in [-0.05, 0) is 36.1 Å². The number of anilines is 2. The van der Waals surface area contributed by atoms with Crippen LogP contribution in [0.2, 0.25) is 0 Å². The molecule has 1 saturated heterocycles. The van der Waals surface area contributed by atoms with Crippen molar-refractivity contribution >= 4 is 17.4 Å². The van der Waals surface area contributed by atoms with Crippen LogP contribution in [0.1, 0.15) is 30.9 Å². The van der Waals surface area contributed by atoms with Gasteiger partial charge in [0.25, 0.3) is 0 Å². The molecule has 0 bridgehead atoms. The van der Waals surface area contributed by atoms with Crippen molar-refractivity contribution in [2.75, 3.05) is 36.4 Å². The van der Waals surface area contributed by atoms with Crippen molar-refractivity contribution in [1.29, 1.82) is 0 Å². The Labute approximate surface area is 150 Å². The van der Waals surface area contributed by atoms with E-state index in [1.54, 1.807) is 0 Å². The number of hydrogen-bond donors (Lipinski definition) is 1. The number of urea groups is 1. The van der Waals surface area contributed by atoms with Gasteiger partial charge in [-0.15, -0.1) is 0 Å². The monoisotopic (exact) mass is 337 g/mol. The number of carbonyl (C=O) groups is 1. The van der Waals surface area contributed by atoms with E-state index in [1.807, 2.05) is 11.0 Å². The lowest BCUT2D eigenvalue weighted by Crippen LogP contribution is -2.50. The SMILES string of the molecule is Cc1cccc(C(C)C)c1NC(=O)N1CCN(c2ccccc2)CC1. The van der Waals surface area contributed by atoms with E-state index in [-0.39, 0.29) is 6.03 Å². The summed E-state index contributed by atoms with van der Waals surface area (Å²) in [5.41, 5.74) is 4.50. The van der Waals surface area contributed by atoms with E-state index in [2.05, 4.69) is 73.5 Å². The normalized spacial score (nSPS) is 14.7. The van der Waals surface area contributed by atoms with Gasteiger partial charge in [-0.25, -0.2) is 4.79 Å². The average molecular weight is 337 g/mol. The third-order valence-electron chi connectivity index (χ3n) is 4.85. The molecule has 1 fully saturated rings. The number of carbonyl (C=O) groups excluding carboxylic acids is 1. The van der Waals surface area contributed by atoms with Gasteiger partial charge in [0.15, 0.2) is 0 Å². The first-order valence-corrected chi connectivity index (χ1v) is 9.01. The number of amides is 2. The molecule has 4 nitrogen and oxygen atoms in total. The summed E-state index contributed by atoms with van der Waals surface area (Å²) in [7, 11) is 0. The number of nitrogens with one attached hydrogen (secondary N) is 1. The second-order valence-corrected chi connectivity index (χ2v) is 6.93. The van der Waals surface area contributed by atoms with E-state index in [0.29, 0.717) is 5.92 Å². The summed E-state index contributed by atoms with van der Waals surface area (Å²) in [5, 5.41) is 3.15. The first-order valence-electron chi connectivity index (χ1n) is 9.01. The van der Waals surface area contributed by atoms with Crippen molar-refractivity contribution in [3.8, 4) is 0 Å². The van der Waals surface area contributed by atoms with Gasteiger partial charge >= 0.3 is 6.03 Å². The molecule has 4 heteroatoms. The molecule has 25 heavy (non-hydrogen) atoms. The van der Waals surface area contributed by atoms with Gasteiger partial charge in [0.1, 0.15) is 0 Å². The van der Waals surface area contributed by atoms with Crippen LogP contribution >= 0.6 is 0 Å². The fourth-order valence-electron chi connectivity index (χ4n) is 3.33. The first kappa shape index (κ1) is 17.3. The maximum absolute atomic E-state index is 12.7. The predicted molar refractivity (Wildman–Crippen MR) is 105 cm³/mol. The van der Waals surface area contributed by atoms with E-state index >= 15 is 0 Å². The van der Waals surface area contributed by atoms with Crippen molar-refractivity contribution in [3.05, 3.63) is 59.7 Å². The van der Waals surface area contributed by atoms with Gasteiger partial charge in [-0.2, -0.15) is 0 Å². The second kappa shape index (κ2) is 7.60. The van der Waals surface area contributed by atoms with Crippen LogP contribution in [0.15, 0.2) is 48.5 Å². The fourth-order valence-corrected chi connectivity index (χ4v) is 3.33. The Bertz CT molecular complexity index is 719. The topological polar surface area (TPSA) is 35.6 Å². The van der Waals surface area contributed by atoms with Gasteiger partial charge in [0, 0.05) is 37.6 Å². The number of hydrogen-bond acceptors (Lipinski definition) is 2. The smallest absolute Gasteiger partial charge is 0.321 e. The average Bonchev–Trinajstić information content (AvgIpc) is 2.64. The molecule has 0 unspecified atom stereocenters. The zero-order valence-corrected chi connectivity index (χ0v) is 15.3. The summed E-state index contributed by atoms with van der Waals surface area (Å²) >= 11 is 0. The summed E-state index contributed by atoms with van der Waals surface area (Å²) in [6, 6.07) is 16.6. The van der Waals surface area contributed by atoms with Gasteiger partial charge in [0.05, 0.1) is 0 Å². The summed E-state index contributed by atoms with van der Waals surface area (Å²) in [4.78, 5) is 17.0. The lowest BCUT2D eigenvalue weighted by atomic mass is 9.98. The van der Waals surface area contributed by atoms with Crippen LogP contribution in [0.5, 0.6) is 0 Å². The molecule has 0 aromatic heterocycles. The number of para-hydroxylation sites is 2. The van der Waals surface area contributed by atoms with Gasteiger partial charge in [0.2, 0.25) is 0 Å². The fraction of sp³-hybridized carbons (Fsp3) is 0.381. The number of piperazine rings is 1. The molecule has 0 saturated carbocycles. The van der Waals surface area contributed by atoms with Crippen LogP contribution in [0.4, 0.5) is 16.2 Å².